The predicted molar refractivity (Wildman–Crippen MR) is 111 cm³/mol. The first kappa shape index (κ1) is 18.3. The lowest BCUT2D eigenvalue weighted by molar-refractivity contribution is -0.125. The second kappa shape index (κ2) is 7.50. The van der Waals surface area contributed by atoms with Crippen LogP contribution < -0.4 is 10.6 Å². The number of anilines is 1. The number of benzene rings is 2. The highest BCUT2D eigenvalue weighted by atomic mass is 16.2. The number of aromatic amines is 1. The minimum Gasteiger partial charge on any atom is -0.361 e. The Hall–Kier alpha value is -3.08. The molecule has 0 spiro atoms. The average Bonchev–Trinajstić information content (AvgIpc) is 3.39. The molecule has 2 amide bonds. The summed E-state index contributed by atoms with van der Waals surface area (Å²) in [5.74, 6) is -0.535. The fraction of sp³-hybridized carbons (Fsp3) is 0.304. The Morgan fingerprint density at radius 1 is 1.07 bits per heavy atom. The third-order valence-electron chi connectivity index (χ3n) is 5.47. The van der Waals surface area contributed by atoms with Crippen LogP contribution in [0.3, 0.4) is 0 Å². The molecule has 144 valence electrons. The van der Waals surface area contributed by atoms with Gasteiger partial charge in [0.05, 0.1) is 11.8 Å². The van der Waals surface area contributed by atoms with Crippen molar-refractivity contribution in [3.05, 3.63) is 65.4 Å². The van der Waals surface area contributed by atoms with E-state index in [0.717, 1.165) is 28.8 Å². The van der Waals surface area contributed by atoms with E-state index in [9.17, 15) is 9.59 Å². The van der Waals surface area contributed by atoms with Gasteiger partial charge in [-0.25, -0.2) is 0 Å². The number of H-pyrrole nitrogens is 1. The summed E-state index contributed by atoms with van der Waals surface area (Å²) >= 11 is 0. The first-order valence-electron chi connectivity index (χ1n) is 9.74. The number of rotatable bonds is 6. The lowest BCUT2D eigenvalue weighted by Crippen LogP contribution is -2.29. The highest BCUT2D eigenvalue weighted by Crippen LogP contribution is 2.39. The average molecular weight is 375 g/mol. The summed E-state index contributed by atoms with van der Waals surface area (Å²) < 4.78 is 0. The van der Waals surface area contributed by atoms with E-state index in [4.69, 9.17) is 0 Å². The molecule has 1 saturated carbocycles. The van der Waals surface area contributed by atoms with Gasteiger partial charge in [-0.15, -0.1) is 0 Å². The van der Waals surface area contributed by atoms with Crippen molar-refractivity contribution in [1.82, 2.24) is 10.3 Å². The van der Waals surface area contributed by atoms with Gasteiger partial charge in [-0.05, 0) is 49.9 Å². The topological polar surface area (TPSA) is 74.0 Å². The zero-order valence-corrected chi connectivity index (χ0v) is 16.2. The zero-order chi connectivity index (χ0) is 19.7. The van der Waals surface area contributed by atoms with E-state index < -0.39 is 0 Å². The molecule has 2 atom stereocenters. The van der Waals surface area contributed by atoms with Crippen LogP contribution in [0, 0.1) is 25.7 Å². The second-order valence-corrected chi connectivity index (χ2v) is 7.66. The van der Waals surface area contributed by atoms with Crippen LogP contribution in [-0.4, -0.2) is 23.3 Å². The number of carbonyl (C=O) groups excluding carboxylic acids is 2. The van der Waals surface area contributed by atoms with Gasteiger partial charge in [0, 0.05) is 29.3 Å². The molecular weight excluding hydrogens is 350 g/mol. The quantitative estimate of drug-likeness (QED) is 0.614. The first-order valence-corrected chi connectivity index (χ1v) is 9.74. The maximum Gasteiger partial charge on any atom is 0.228 e. The molecule has 3 aromatic rings. The molecule has 5 heteroatoms. The number of amides is 2. The Labute approximate surface area is 164 Å². The van der Waals surface area contributed by atoms with Crippen molar-refractivity contribution in [1.29, 1.82) is 0 Å². The van der Waals surface area contributed by atoms with Crippen LogP contribution >= 0.6 is 0 Å². The van der Waals surface area contributed by atoms with E-state index in [1.165, 1.54) is 10.9 Å². The molecule has 3 N–H and O–H groups in total. The van der Waals surface area contributed by atoms with Gasteiger partial charge in [-0.3, -0.25) is 9.59 Å². The van der Waals surface area contributed by atoms with Crippen LogP contribution in [0.5, 0.6) is 0 Å². The molecule has 2 unspecified atom stereocenters. The van der Waals surface area contributed by atoms with Crippen molar-refractivity contribution in [3.63, 3.8) is 0 Å². The molecule has 0 aliphatic heterocycles. The molecule has 0 bridgehead atoms. The van der Waals surface area contributed by atoms with E-state index in [1.54, 1.807) is 0 Å². The first-order chi connectivity index (χ1) is 13.5. The van der Waals surface area contributed by atoms with Crippen molar-refractivity contribution >= 4 is 28.4 Å². The van der Waals surface area contributed by atoms with Gasteiger partial charge in [0.25, 0.3) is 0 Å². The molecule has 2 aromatic carbocycles. The van der Waals surface area contributed by atoms with Crippen LogP contribution in [-0.2, 0) is 16.0 Å². The molecule has 1 heterocycles. The predicted octanol–water partition coefficient (Wildman–Crippen LogP) is 3.72. The van der Waals surface area contributed by atoms with E-state index in [0.29, 0.717) is 13.0 Å². The van der Waals surface area contributed by atoms with Gasteiger partial charge in [-0.2, -0.15) is 0 Å². The molecule has 0 saturated heterocycles. The Bertz CT molecular complexity index is 1040. The number of hydrogen-bond donors (Lipinski definition) is 3. The summed E-state index contributed by atoms with van der Waals surface area (Å²) in [5, 5.41) is 7.13. The number of aromatic nitrogens is 1. The van der Waals surface area contributed by atoms with Gasteiger partial charge >= 0.3 is 0 Å². The minimum atomic E-state index is -0.228. The summed E-state index contributed by atoms with van der Waals surface area (Å²) in [4.78, 5) is 28.1. The number of fused-ring (bicyclic) bond motifs is 1. The van der Waals surface area contributed by atoms with Crippen molar-refractivity contribution in [2.45, 2.75) is 26.7 Å². The highest BCUT2D eigenvalue weighted by Gasteiger charge is 2.47. The van der Waals surface area contributed by atoms with Crippen molar-refractivity contribution in [2.75, 3.05) is 11.9 Å². The van der Waals surface area contributed by atoms with Crippen LogP contribution in [0.25, 0.3) is 10.9 Å². The van der Waals surface area contributed by atoms with Gasteiger partial charge in [0.2, 0.25) is 11.8 Å². The minimum absolute atomic E-state index is 0.0272. The van der Waals surface area contributed by atoms with Gasteiger partial charge < -0.3 is 15.6 Å². The molecule has 1 fully saturated rings. The molecule has 0 radical (unpaired) electrons. The third-order valence-corrected chi connectivity index (χ3v) is 5.47. The molecule has 4 rings (SSSR count). The van der Waals surface area contributed by atoms with E-state index in [-0.39, 0.29) is 23.7 Å². The molecule has 28 heavy (non-hydrogen) atoms. The lowest BCUT2D eigenvalue weighted by Gasteiger charge is -2.09. The van der Waals surface area contributed by atoms with Crippen LogP contribution in [0.2, 0.25) is 0 Å². The zero-order valence-electron chi connectivity index (χ0n) is 16.2. The van der Waals surface area contributed by atoms with Gasteiger partial charge in [-0.1, -0.05) is 35.9 Å². The summed E-state index contributed by atoms with van der Waals surface area (Å²) in [6.45, 7) is 4.57. The number of nitrogens with one attached hydrogen (secondary N) is 3. The number of aryl methyl sites for hydroxylation is 2. The van der Waals surface area contributed by atoms with Crippen LogP contribution in [0.4, 0.5) is 5.69 Å². The molecule has 1 aliphatic carbocycles. The Morgan fingerprint density at radius 3 is 2.68 bits per heavy atom. The van der Waals surface area contributed by atoms with E-state index in [1.807, 2.05) is 56.4 Å². The maximum absolute atomic E-state index is 12.4. The van der Waals surface area contributed by atoms with Crippen molar-refractivity contribution in [3.8, 4) is 0 Å². The highest BCUT2D eigenvalue weighted by molar-refractivity contribution is 6.00. The summed E-state index contributed by atoms with van der Waals surface area (Å²) in [6, 6.07) is 14.1. The second-order valence-electron chi connectivity index (χ2n) is 7.66. The fourth-order valence-electron chi connectivity index (χ4n) is 3.74. The smallest absolute Gasteiger partial charge is 0.228 e. The molecule has 1 aromatic heterocycles. The Kier molecular flexibility index (Phi) is 4.90. The number of hydrogen-bond acceptors (Lipinski definition) is 2. The Balaban J connectivity index is 1.26. The van der Waals surface area contributed by atoms with Crippen LogP contribution in [0.1, 0.15) is 23.1 Å². The molecule has 5 nitrogen and oxygen atoms in total. The SMILES string of the molecule is Cc1ccc(NC(=O)C2CC2C(=O)NCCc2c[nH]c3ccccc23)c(C)c1. The number of para-hydroxylation sites is 1. The maximum atomic E-state index is 12.4. The fourth-order valence-corrected chi connectivity index (χ4v) is 3.74. The van der Waals surface area contributed by atoms with Crippen LogP contribution in [0.15, 0.2) is 48.7 Å². The van der Waals surface area contributed by atoms with Gasteiger partial charge in [0.15, 0.2) is 0 Å². The van der Waals surface area contributed by atoms with E-state index >= 15 is 0 Å². The summed E-state index contributed by atoms with van der Waals surface area (Å²) in [7, 11) is 0. The normalized spacial score (nSPS) is 18.1. The summed E-state index contributed by atoms with van der Waals surface area (Å²) in [5.41, 5.74) is 5.31. The van der Waals surface area contributed by atoms with Gasteiger partial charge in [0.1, 0.15) is 0 Å². The number of carbonyl (C=O) groups is 2. The lowest BCUT2D eigenvalue weighted by atomic mass is 10.1. The van der Waals surface area contributed by atoms with Crippen molar-refractivity contribution in [2.24, 2.45) is 11.8 Å². The van der Waals surface area contributed by atoms with Crippen molar-refractivity contribution < 1.29 is 9.59 Å². The molecular formula is C23H25N3O2. The standard InChI is InChI=1S/C23H25N3O2/c1-14-7-8-20(15(2)11-14)26-23(28)19-12-18(19)22(27)24-10-9-16-13-25-21-6-4-3-5-17(16)21/h3-8,11,13,18-19,25H,9-10,12H2,1-2H3,(H,24,27)(H,26,28). The Morgan fingerprint density at radius 2 is 1.86 bits per heavy atom. The monoisotopic (exact) mass is 375 g/mol. The summed E-state index contributed by atoms with van der Waals surface area (Å²) in [6.07, 6.45) is 3.38. The molecule has 1 aliphatic rings. The third kappa shape index (κ3) is 3.79. The largest absolute Gasteiger partial charge is 0.361 e. The van der Waals surface area contributed by atoms with E-state index in [2.05, 4.69) is 21.7 Å².